The first-order valence-corrected chi connectivity index (χ1v) is 7.90. The Bertz CT molecular complexity index is 466. The summed E-state index contributed by atoms with van der Waals surface area (Å²) in [7, 11) is 0. The van der Waals surface area contributed by atoms with Crippen molar-refractivity contribution in [2.24, 2.45) is 0 Å². The highest BCUT2D eigenvalue weighted by Crippen LogP contribution is 2.22. The highest BCUT2D eigenvalue weighted by atomic mass is 16.3. The lowest BCUT2D eigenvalue weighted by Gasteiger charge is -2.30. The van der Waals surface area contributed by atoms with Crippen LogP contribution in [0.1, 0.15) is 56.1 Å². The van der Waals surface area contributed by atoms with Gasteiger partial charge in [0.05, 0.1) is 0 Å². The van der Waals surface area contributed by atoms with Crippen LogP contribution in [0.5, 0.6) is 0 Å². The van der Waals surface area contributed by atoms with Gasteiger partial charge in [-0.1, -0.05) is 6.92 Å². The third-order valence-electron chi connectivity index (χ3n) is 4.57. The average molecular weight is 293 g/mol. The van der Waals surface area contributed by atoms with E-state index in [4.69, 9.17) is 0 Å². The van der Waals surface area contributed by atoms with E-state index in [0.717, 1.165) is 38.0 Å². The molecular weight excluding hydrogens is 266 g/mol. The van der Waals surface area contributed by atoms with Gasteiger partial charge < -0.3 is 20.3 Å². The number of amides is 1. The Labute approximate surface area is 126 Å². The quantitative estimate of drug-likeness (QED) is 0.748. The summed E-state index contributed by atoms with van der Waals surface area (Å²) in [5.74, 6) is -0.0451. The fourth-order valence-corrected chi connectivity index (χ4v) is 2.90. The number of aliphatic hydroxyl groups is 1. The largest absolute Gasteiger partial charge is 0.396 e. The zero-order chi connectivity index (χ0) is 15.3. The molecule has 5 heteroatoms. The summed E-state index contributed by atoms with van der Waals surface area (Å²) in [5, 5.41) is 15.6. The molecule has 0 aliphatic carbocycles. The van der Waals surface area contributed by atoms with Gasteiger partial charge in [0.2, 0.25) is 0 Å². The first-order chi connectivity index (χ1) is 10.1. The Balaban J connectivity index is 2.11. The number of nitrogens with zero attached hydrogens (tertiary/aromatic N) is 1. The molecule has 2 heterocycles. The van der Waals surface area contributed by atoms with Crippen LogP contribution in [-0.2, 0) is 0 Å². The van der Waals surface area contributed by atoms with Gasteiger partial charge >= 0.3 is 0 Å². The monoisotopic (exact) mass is 293 g/mol. The van der Waals surface area contributed by atoms with E-state index < -0.39 is 0 Å². The number of carbonyl (C=O) groups excluding carboxylic acids is 1. The van der Waals surface area contributed by atoms with Crippen LogP contribution >= 0.6 is 0 Å². The molecule has 0 bridgehead atoms. The van der Waals surface area contributed by atoms with Gasteiger partial charge in [-0.3, -0.25) is 4.79 Å². The van der Waals surface area contributed by atoms with Crippen molar-refractivity contribution in [3.63, 3.8) is 0 Å². The summed E-state index contributed by atoms with van der Waals surface area (Å²) in [5.41, 5.74) is 0.370. The highest BCUT2D eigenvalue weighted by molar-refractivity contribution is 5.93. The Morgan fingerprint density at radius 1 is 1.52 bits per heavy atom. The van der Waals surface area contributed by atoms with E-state index in [9.17, 15) is 9.90 Å². The molecule has 1 aromatic heterocycles. The van der Waals surface area contributed by atoms with E-state index in [1.165, 1.54) is 0 Å². The summed E-state index contributed by atoms with van der Waals surface area (Å²) < 4.78 is 2.10. The normalized spacial score (nSPS) is 19.2. The summed E-state index contributed by atoms with van der Waals surface area (Å²) in [6.45, 7) is 6.10. The Morgan fingerprint density at radius 3 is 2.86 bits per heavy atom. The van der Waals surface area contributed by atoms with Crippen molar-refractivity contribution in [2.75, 3.05) is 19.7 Å². The number of nitrogens with one attached hydrogen (secondary N) is 2. The zero-order valence-corrected chi connectivity index (χ0v) is 13.1. The van der Waals surface area contributed by atoms with Crippen LogP contribution in [0.15, 0.2) is 18.3 Å². The molecule has 1 fully saturated rings. The molecule has 118 valence electrons. The minimum Gasteiger partial charge on any atom is -0.396 e. The van der Waals surface area contributed by atoms with Crippen molar-refractivity contribution < 1.29 is 9.90 Å². The van der Waals surface area contributed by atoms with E-state index in [1.54, 1.807) is 0 Å². The summed E-state index contributed by atoms with van der Waals surface area (Å²) in [6, 6.07) is 4.21. The standard InChI is InChI=1S/C16H27N3O2/c1-3-16(2,8-12-20)18-15(21)14-5-4-11-19(14)13-6-9-17-10-7-13/h4-5,11,13,17,20H,3,6-10,12H2,1-2H3,(H,18,21). The first kappa shape index (κ1) is 16.0. The molecule has 1 unspecified atom stereocenters. The van der Waals surface area contributed by atoms with Crippen LogP contribution in [0.2, 0.25) is 0 Å². The fraction of sp³-hybridized carbons (Fsp3) is 0.688. The number of carbonyl (C=O) groups is 1. The first-order valence-electron chi connectivity index (χ1n) is 7.90. The maximum absolute atomic E-state index is 12.6. The molecule has 1 aromatic rings. The number of aliphatic hydroxyl groups excluding tert-OH is 1. The molecule has 1 aliphatic heterocycles. The highest BCUT2D eigenvalue weighted by Gasteiger charge is 2.26. The van der Waals surface area contributed by atoms with Crippen molar-refractivity contribution >= 4 is 5.91 Å². The van der Waals surface area contributed by atoms with Gasteiger partial charge in [0, 0.05) is 24.4 Å². The van der Waals surface area contributed by atoms with E-state index in [0.29, 0.717) is 12.5 Å². The molecule has 0 spiro atoms. The van der Waals surface area contributed by atoms with Crippen molar-refractivity contribution in [1.82, 2.24) is 15.2 Å². The molecule has 0 saturated carbocycles. The Kier molecular flexibility index (Phi) is 5.42. The number of rotatable bonds is 6. The molecule has 5 nitrogen and oxygen atoms in total. The van der Waals surface area contributed by atoms with E-state index in [-0.39, 0.29) is 18.1 Å². The summed E-state index contributed by atoms with van der Waals surface area (Å²) >= 11 is 0. The topological polar surface area (TPSA) is 66.3 Å². The van der Waals surface area contributed by atoms with Crippen molar-refractivity contribution in [3.8, 4) is 0 Å². The predicted molar refractivity (Wildman–Crippen MR) is 83.4 cm³/mol. The number of piperidine rings is 1. The molecule has 2 rings (SSSR count). The average Bonchev–Trinajstić information content (AvgIpc) is 2.98. The van der Waals surface area contributed by atoms with Crippen molar-refractivity contribution in [2.45, 2.75) is 51.1 Å². The van der Waals surface area contributed by atoms with Gasteiger partial charge in [-0.25, -0.2) is 0 Å². The van der Waals surface area contributed by atoms with Gasteiger partial charge in [-0.2, -0.15) is 0 Å². The SMILES string of the molecule is CCC(C)(CCO)NC(=O)c1cccn1C1CCNCC1. The van der Waals surface area contributed by atoms with E-state index >= 15 is 0 Å². The molecule has 21 heavy (non-hydrogen) atoms. The van der Waals surface area contributed by atoms with Crippen molar-refractivity contribution in [3.05, 3.63) is 24.0 Å². The van der Waals surface area contributed by atoms with Gasteiger partial charge in [-0.15, -0.1) is 0 Å². The lowest BCUT2D eigenvalue weighted by atomic mass is 9.94. The predicted octanol–water partition coefficient (Wildman–Crippen LogP) is 1.69. The number of aromatic nitrogens is 1. The lowest BCUT2D eigenvalue weighted by molar-refractivity contribution is 0.0873. The smallest absolute Gasteiger partial charge is 0.268 e. The Morgan fingerprint density at radius 2 is 2.24 bits per heavy atom. The lowest BCUT2D eigenvalue weighted by Crippen LogP contribution is -2.47. The zero-order valence-electron chi connectivity index (χ0n) is 13.1. The minimum atomic E-state index is -0.352. The second kappa shape index (κ2) is 7.09. The van der Waals surface area contributed by atoms with Crippen LogP contribution < -0.4 is 10.6 Å². The molecule has 1 saturated heterocycles. The summed E-state index contributed by atoms with van der Waals surface area (Å²) in [4.78, 5) is 12.6. The van der Waals surface area contributed by atoms with E-state index in [2.05, 4.69) is 15.2 Å². The molecule has 1 atom stereocenters. The number of hydrogen-bond acceptors (Lipinski definition) is 3. The maximum Gasteiger partial charge on any atom is 0.268 e. The third-order valence-corrected chi connectivity index (χ3v) is 4.57. The van der Waals surface area contributed by atoms with Crippen LogP contribution in [0.4, 0.5) is 0 Å². The van der Waals surface area contributed by atoms with E-state index in [1.807, 2.05) is 32.2 Å². The molecular formula is C16H27N3O2. The second-order valence-electron chi connectivity index (χ2n) is 6.12. The summed E-state index contributed by atoms with van der Waals surface area (Å²) in [6.07, 6.45) is 5.48. The molecule has 1 aliphatic rings. The minimum absolute atomic E-state index is 0.0451. The maximum atomic E-state index is 12.6. The van der Waals surface area contributed by atoms with Crippen LogP contribution in [0.3, 0.4) is 0 Å². The third kappa shape index (κ3) is 3.86. The Hall–Kier alpha value is -1.33. The number of hydrogen-bond donors (Lipinski definition) is 3. The van der Waals surface area contributed by atoms with Crippen molar-refractivity contribution in [1.29, 1.82) is 0 Å². The van der Waals surface area contributed by atoms with Gasteiger partial charge in [0.15, 0.2) is 0 Å². The molecule has 0 radical (unpaired) electrons. The van der Waals surface area contributed by atoms with Crippen LogP contribution in [-0.4, -0.2) is 40.8 Å². The molecule has 3 N–H and O–H groups in total. The van der Waals surface area contributed by atoms with Gasteiger partial charge in [0.1, 0.15) is 5.69 Å². The van der Waals surface area contributed by atoms with Crippen LogP contribution in [0, 0.1) is 0 Å². The second-order valence-corrected chi connectivity index (χ2v) is 6.12. The van der Waals surface area contributed by atoms with Gasteiger partial charge in [0.25, 0.3) is 5.91 Å². The molecule has 1 amide bonds. The molecule has 0 aromatic carbocycles. The fourth-order valence-electron chi connectivity index (χ4n) is 2.90. The van der Waals surface area contributed by atoms with Gasteiger partial charge in [-0.05, 0) is 57.8 Å². The van der Waals surface area contributed by atoms with Crippen LogP contribution in [0.25, 0.3) is 0 Å².